The molecule has 7 nitrogen and oxygen atoms in total. The monoisotopic (exact) mass is 463 g/mol. The Morgan fingerprint density at radius 2 is 1.80 bits per heavy atom. The van der Waals surface area contributed by atoms with Crippen molar-refractivity contribution >= 4 is 17.5 Å². The van der Waals surface area contributed by atoms with E-state index in [9.17, 15) is 9.59 Å². The maximum atomic E-state index is 12.8. The molecule has 0 atom stereocenters. The smallest absolute Gasteiger partial charge is 0.253 e. The van der Waals surface area contributed by atoms with Gasteiger partial charge in [0.1, 0.15) is 5.65 Å². The van der Waals surface area contributed by atoms with Crippen LogP contribution in [0.2, 0.25) is 0 Å². The zero-order valence-corrected chi connectivity index (χ0v) is 19.2. The van der Waals surface area contributed by atoms with Gasteiger partial charge in [-0.1, -0.05) is 18.2 Å². The molecule has 1 aliphatic rings. The first kappa shape index (κ1) is 22.4. The highest BCUT2D eigenvalue weighted by molar-refractivity contribution is 5.95. The molecule has 0 bridgehead atoms. The van der Waals surface area contributed by atoms with Crippen LogP contribution in [0.1, 0.15) is 56.2 Å². The van der Waals surface area contributed by atoms with Crippen molar-refractivity contribution in [3.05, 3.63) is 107 Å². The minimum Gasteiger partial charge on any atom is -0.348 e. The van der Waals surface area contributed by atoms with Gasteiger partial charge < -0.3 is 14.6 Å². The van der Waals surface area contributed by atoms with Crippen molar-refractivity contribution in [1.29, 1.82) is 5.26 Å². The summed E-state index contributed by atoms with van der Waals surface area (Å²) in [4.78, 5) is 31.6. The van der Waals surface area contributed by atoms with Crippen molar-refractivity contribution < 1.29 is 9.59 Å². The number of hydrogen-bond acceptors (Lipinski definition) is 4. The molecule has 3 heterocycles. The van der Waals surface area contributed by atoms with Gasteiger partial charge in [-0.05, 0) is 72.4 Å². The number of piperidine rings is 1. The third kappa shape index (κ3) is 4.92. The Morgan fingerprint density at radius 1 is 1.00 bits per heavy atom. The van der Waals surface area contributed by atoms with E-state index >= 15 is 0 Å². The Labute approximate surface area is 203 Å². The number of nitrogens with zero attached hydrogens (tertiary/aromatic N) is 4. The number of aromatic nitrogens is 2. The summed E-state index contributed by atoms with van der Waals surface area (Å²) in [5.74, 6) is 0.210. The Bertz CT molecular complexity index is 1410. The van der Waals surface area contributed by atoms with Crippen LogP contribution in [0.25, 0.3) is 5.65 Å². The van der Waals surface area contributed by atoms with Crippen LogP contribution in [-0.2, 0) is 6.54 Å². The van der Waals surface area contributed by atoms with Gasteiger partial charge in [0, 0.05) is 49.4 Å². The summed E-state index contributed by atoms with van der Waals surface area (Å²) >= 11 is 0. The summed E-state index contributed by atoms with van der Waals surface area (Å²) in [7, 11) is 0. The molecular weight excluding hydrogens is 438 g/mol. The summed E-state index contributed by atoms with van der Waals surface area (Å²) < 4.78 is 1.93. The maximum Gasteiger partial charge on any atom is 0.253 e. The fourth-order valence-electron chi connectivity index (χ4n) is 4.57. The van der Waals surface area contributed by atoms with Gasteiger partial charge in [0.25, 0.3) is 11.8 Å². The lowest BCUT2D eigenvalue weighted by Gasteiger charge is -2.32. The average Bonchev–Trinajstić information content (AvgIpc) is 3.39. The van der Waals surface area contributed by atoms with Crippen molar-refractivity contribution in [2.75, 3.05) is 13.1 Å². The molecule has 0 saturated carbocycles. The van der Waals surface area contributed by atoms with Crippen LogP contribution in [0.15, 0.2) is 79.3 Å². The van der Waals surface area contributed by atoms with E-state index in [1.165, 1.54) is 5.56 Å². The normalized spacial score (nSPS) is 14.0. The highest BCUT2D eigenvalue weighted by Crippen LogP contribution is 2.29. The minimum absolute atomic E-state index is 0.0283. The van der Waals surface area contributed by atoms with Crippen LogP contribution >= 0.6 is 0 Å². The fourth-order valence-corrected chi connectivity index (χ4v) is 4.57. The number of amides is 2. The number of imidazole rings is 1. The number of benzene rings is 2. The second-order valence-electron chi connectivity index (χ2n) is 8.79. The van der Waals surface area contributed by atoms with E-state index in [0.29, 0.717) is 42.2 Å². The van der Waals surface area contributed by atoms with Gasteiger partial charge in [-0.3, -0.25) is 9.59 Å². The van der Waals surface area contributed by atoms with Crippen molar-refractivity contribution in [2.24, 2.45) is 0 Å². The van der Waals surface area contributed by atoms with Crippen LogP contribution in [0, 0.1) is 11.3 Å². The Morgan fingerprint density at radius 3 is 2.57 bits per heavy atom. The molecule has 0 unspecified atom stereocenters. The van der Waals surface area contributed by atoms with E-state index in [4.69, 9.17) is 5.26 Å². The predicted molar refractivity (Wildman–Crippen MR) is 132 cm³/mol. The highest BCUT2D eigenvalue weighted by Gasteiger charge is 2.25. The molecule has 174 valence electrons. The van der Waals surface area contributed by atoms with Crippen LogP contribution < -0.4 is 5.32 Å². The number of nitriles is 1. The first-order valence-electron chi connectivity index (χ1n) is 11.7. The number of carbonyl (C=O) groups excluding carboxylic acids is 2. The first-order chi connectivity index (χ1) is 17.1. The van der Waals surface area contributed by atoms with E-state index < -0.39 is 0 Å². The quantitative estimate of drug-likeness (QED) is 0.481. The lowest BCUT2D eigenvalue weighted by molar-refractivity contribution is 0.0712. The van der Waals surface area contributed by atoms with Gasteiger partial charge in [-0.2, -0.15) is 5.26 Å². The van der Waals surface area contributed by atoms with Crippen molar-refractivity contribution in [1.82, 2.24) is 19.6 Å². The molecule has 4 aromatic rings. The molecule has 1 aliphatic heterocycles. The molecule has 2 aromatic heterocycles. The number of pyridine rings is 1. The molecule has 7 heteroatoms. The topological polar surface area (TPSA) is 90.5 Å². The molecular formula is C28H25N5O2. The maximum absolute atomic E-state index is 12.8. The summed E-state index contributed by atoms with van der Waals surface area (Å²) in [6.07, 6.45) is 7.29. The first-order valence-corrected chi connectivity index (χ1v) is 11.7. The Hall–Kier alpha value is -4.44. The zero-order chi connectivity index (χ0) is 24.2. The molecule has 0 spiro atoms. The molecule has 2 amide bonds. The summed E-state index contributed by atoms with van der Waals surface area (Å²) in [6.45, 7) is 1.78. The van der Waals surface area contributed by atoms with Gasteiger partial charge in [0.15, 0.2) is 0 Å². The number of carbonyl (C=O) groups is 2. The molecule has 0 radical (unpaired) electrons. The van der Waals surface area contributed by atoms with Crippen LogP contribution in [0.5, 0.6) is 0 Å². The number of likely N-dealkylation sites (tertiary alicyclic amines) is 1. The summed E-state index contributed by atoms with van der Waals surface area (Å²) in [5.41, 5.74) is 4.71. The molecule has 1 saturated heterocycles. The summed E-state index contributed by atoms with van der Waals surface area (Å²) in [6, 6.07) is 20.6. The zero-order valence-electron chi connectivity index (χ0n) is 19.2. The van der Waals surface area contributed by atoms with E-state index in [2.05, 4.69) is 16.4 Å². The van der Waals surface area contributed by atoms with E-state index in [0.717, 1.165) is 24.1 Å². The second kappa shape index (κ2) is 9.82. The van der Waals surface area contributed by atoms with Gasteiger partial charge >= 0.3 is 0 Å². The van der Waals surface area contributed by atoms with Crippen molar-refractivity contribution in [3.8, 4) is 6.07 Å². The van der Waals surface area contributed by atoms with E-state index in [1.54, 1.807) is 30.5 Å². The van der Waals surface area contributed by atoms with Crippen molar-refractivity contribution in [3.63, 3.8) is 0 Å². The lowest BCUT2D eigenvalue weighted by atomic mass is 9.88. The van der Waals surface area contributed by atoms with Crippen LogP contribution in [0.3, 0.4) is 0 Å². The molecule has 1 fully saturated rings. The van der Waals surface area contributed by atoms with Gasteiger partial charge in [0.2, 0.25) is 0 Å². The number of hydrogen-bond donors (Lipinski definition) is 1. The number of fused-ring (bicyclic) bond motifs is 1. The Balaban J connectivity index is 1.15. The second-order valence-corrected chi connectivity index (χ2v) is 8.79. The van der Waals surface area contributed by atoms with Gasteiger partial charge in [-0.25, -0.2) is 4.98 Å². The predicted octanol–water partition coefficient (Wildman–Crippen LogP) is 4.16. The number of nitrogens with one attached hydrogen (secondary N) is 1. The molecule has 5 rings (SSSR count). The summed E-state index contributed by atoms with van der Waals surface area (Å²) in [5, 5.41) is 12.0. The average molecular weight is 464 g/mol. The van der Waals surface area contributed by atoms with Crippen LogP contribution in [0.4, 0.5) is 0 Å². The highest BCUT2D eigenvalue weighted by atomic mass is 16.2. The van der Waals surface area contributed by atoms with Crippen molar-refractivity contribution in [2.45, 2.75) is 25.3 Å². The molecule has 1 N–H and O–H groups in total. The third-order valence-electron chi connectivity index (χ3n) is 6.58. The molecule has 0 aliphatic carbocycles. The van der Waals surface area contributed by atoms with Gasteiger partial charge in [-0.15, -0.1) is 0 Å². The molecule has 2 aromatic carbocycles. The van der Waals surface area contributed by atoms with Crippen LogP contribution in [-0.4, -0.2) is 39.2 Å². The Kier molecular flexibility index (Phi) is 6.27. The van der Waals surface area contributed by atoms with E-state index in [-0.39, 0.29) is 11.8 Å². The van der Waals surface area contributed by atoms with Gasteiger partial charge in [0.05, 0.1) is 11.6 Å². The molecule has 35 heavy (non-hydrogen) atoms. The third-order valence-corrected chi connectivity index (χ3v) is 6.58. The van der Waals surface area contributed by atoms with E-state index in [1.807, 2.05) is 58.1 Å². The SMILES string of the molecule is N#Cc1cccc(C(=O)N2CCC(c3ccc(C(=O)NCc4ccn5ccnc5c4)cc3)CC2)c1. The number of rotatable bonds is 5. The fraction of sp³-hybridized carbons (Fsp3) is 0.214. The largest absolute Gasteiger partial charge is 0.348 e. The minimum atomic E-state index is -0.111. The lowest BCUT2D eigenvalue weighted by Crippen LogP contribution is -2.37. The standard InChI is InChI=1S/C28H25N5O2/c29-18-20-2-1-3-25(16-20)28(35)33-13-9-23(10-14-33)22-4-6-24(7-5-22)27(34)31-19-21-8-12-32-15-11-30-26(32)17-21/h1-8,11-12,15-17,23H,9-10,13-14,19H2,(H,31,34).